The summed E-state index contributed by atoms with van der Waals surface area (Å²) in [4.78, 5) is 4.34. The largest absolute Gasteiger partial charge is 0.327 e. The van der Waals surface area contributed by atoms with Crippen LogP contribution in [0.5, 0.6) is 0 Å². The van der Waals surface area contributed by atoms with E-state index in [4.69, 9.17) is 5.73 Å². The maximum absolute atomic E-state index is 6.09. The monoisotopic (exact) mass is 240 g/mol. The Hall–Kier alpha value is -1.67. The van der Waals surface area contributed by atoms with Crippen LogP contribution in [-0.4, -0.2) is 11.0 Å². The van der Waals surface area contributed by atoms with Crippen molar-refractivity contribution in [1.29, 1.82) is 0 Å². The molecular formula is C16H20N2. The fourth-order valence-corrected chi connectivity index (χ4v) is 1.85. The van der Waals surface area contributed by atoms with Crippen LogP contribution in [0, 0.1) is 5.92 Å². The zero-order valence-corrected chi connectivity index (χ0v) is 11.0. The molecule has 0 amide bonds. The first-order chi connectivity index (χ1) is 8.66. The molecule has 1 aromatic carbocycles. The van der Waals surface area contributed by atoms with E-state index in [-0.39, 0.29) is 6.04 Å². The molecule has 0 bridgehead atoms. The van der Waals surface area contributed by atoms with Crippen LogP contribution in [0.15, 0.2) is 48.7 Å². The fraction of sp³-hybridized carbons (Fsp3) is 0.312. The first-order valence-corrected chi connectivity index (χ1v) is 6.43. The van der Waals surface area contributed by atoms with Crippen molar-refractivity contribution in [1.82, 2.24) is 4.98 Å². The van der Waals surface area contributed by atoms with Gasteiger partial charge in [0.2, 0.25) is 0 Å². The number of hydrogen-bond acceptors (Lipinski definition) is 2. The molecule has 94 valence electrons. The molecule has 18 heavy (non-hydrogen) atoms. The van der Waals surface area contributed by atoms with Crippen LogP contribution in [0.4, 0.5) is 0 Å². The van der Waals surface area contributed by atoms with Gasteiger partial charge in [-0.05, 0) is 30.0 Å². The topological polar surface area (TPSA) is 38.9 Å². The Kier molecular flexibility index (Phi) is 4.11. The molecule has 2 heteroatoms. The molecule has 1 heterocycles. The Morgan fingerprint density at radius 2 is 1.78 bits per heavy atom. The minimum absolute atomic E-state index is 0.228. The minimum atomic E-state index is 0.228. The van der Waals surface area contributed by atoms with Crippen molar-refractivity contribution in [2.24, 2.45) is 11.7 Å². The Bertz CT molecular complexity index is 474. The number of aromatic nitrogens is 1. The first kappa shape index (κ1) is 12.8. The Labute approximate surface area is 109 Å². The standard InChI is InChI=1S/C16H20N2/c1-12(2)15(17)11-13-6-8-14(9-7-13)16-5-3-4-10-18-16/h3-10,12,15H,11,17H2,1-2H3. The average Bonchev–Trinajstić information content (AvgIpc) is 2.40. The van der Waals surface area contributed by atoms with Gasteiger partial charge < -0.3 is 5.73 Å². The molecule has 0 fully saturated rings. The summed E-state index contributed by atoms with van der Waals surface area (Å²) in [5, 5.41) is 0. The fourth-order valence-electron chi connectivity index (χ4n) is 1.85. The van der Waals surface area contributed by atoms with E-state index in [1.807, 2.05) is 24.4 Å². The van der Waals surface area contributed by atoms with E-state index in [0.29, 0.717) is 5.92 Å². The molecule has 2 N–H and O–H groups in total. The molecule has 2 nitrogen and oxygen atoms in total. The van der Waals surface area contributed by atoms with Gasteiger partial charge in [0, 0.05) is 17.8 Å². The van der Waals surface area contributed by atoms with Crippen LogP contribution in [0.3, 0.4) is 0 Å². The van der Waals surface area contributed by atoms with Gasteiger partial charge >= 0.3 is 0 Å². The summed E-state index contributed by atoms with van der Waals surface area (Å²) in [7, 11) is 0. The van der Waals surface area contributed by atoms with Crippen molar-refractivity contribution in [3.63, 3.8) is 0 Å². The number of hydrogen-bond donors (Lipinski definition) is 1. The van der Waals surface area contributed by atoms with Crippen LogP contribution in [0.25, 0.3) is 11.3 Å². The Morgan fingerprint density at radius 1 is 1.06 bits per heavy atom. The summed E-state index contributed by atoms with van der Waals surface area (Å²) >= 11 is 0. The van der Waals surface area contributed by atoms with E-state index in [1.165, 1.54) is 5.56 Å². The number of rotatable bonds is 4. The summed E-state index contributed by atoms with van der Waals surface area (Å²) < 4.78 is 0. The van der Waals surface area contributed by atoms with Crippen molar-refractivity contribution in [3.05, 3.63) is 54.2 Å². The normalized spacial score (nSPS) is 12.7. The van der Waals surface area contributed by atoms with Crippen LogP contribution >= 0.6 is 0 Å². The second-order valence-electron chi connectivity index (χ2n) is 5.02. The van der Waals surface area contributed by atoms with Gasteiger partial charge in [-0.15, -0.1) is 0 Å². The lowest BCUT2D eigenvalue weighted by molar-refractivity contribution is 0.490. The third-order valence-electron chi connectivity index (χ3n) is 3.24. The predicted molar refractivity (Wildman–Crippen MR) is 76.2 cm³/mol. The lowest BCUT2D eigenvalue weighted by atomic mass is 9.96. The predicted octanol–water partition coefficient (Wildman–Crippen LogP) is 3.27. The van der Waals surface area contributed by atoms with Gasteiger partial charge in [0.05, 0.1) is 5.69 Å². The number of benzene rings is 1. The molecule has 0 aliphatic heterocycles. The molecule has 2 rings (SSSR count). The quantitative estimate of drug-likeness (QED) is 0.890. The molecule has 2 aromatic rings. The smallest absolute Gasteiger partial charge is 0.0701 e. The van der Waals surface area contributed by atoms with Crippen LogP contribution in [0.1, 0.15) is 19.4 Å². The van der Waals surface area contributed by atoms with Gasteiger partial charge in [0.15, 0.2) is 0 Å². The zero-order chi connectivity index (χ0) is 13.0. The maximum Gasteiger partial charge on any atom is 0.0701 e. The third kappa shape index (κ3) is 3.17. The summed E-state index contributed by atoms with van der Waals surface area (Å²) in [6.07, 6.45) is 2.75. The van der Waals surface area contributed by atoms with Crippen LogP contribution < -0.4 is 5.73 Å². The molecule has 0 aliphatic carbocycles. The zero-order valence-electron chi connectivity index (χ0n) is 11.0. The van der Waals surface area contributed by atoms with Gasteiger partial charge in [-0.3, -0.25) is 4.98 Å². The molecule has 0 spiro atoms. The average molecular weight is 240 g/mol. The molecule has 0 saturated carbocycles. The third-order valence-corrected chi connectivity index (χ3v) is 3.24. The van der Waals surface area contributed by atoms with E-state index < -0.39 is 0 Å². The lowest BCUT2D eigenvalue weighted by Crippen LogP contribution is -2.28. The second-order valence-corrected chi connectivity index (χ2v) is 5.02. The van der Waals surface area contributed by atoms with Crippen LogP contribution in [-0.2, 0) is 6.42 Å². The van der Waals surface area contributed by atoms with Gasteiger partial charge in [-0.25, -0.2) is 0 Å². The molecule has 1 aromatic heterocycles. The molecular weight excluding hydrogens is 220 g/mol. The number of nitrogens with two attached hydrogens (primary N) is 1. The highest BCUT2D eigenvalue weighted by molar-refractivity contribution is 5.59. The highest BCUT2D eigenvalue weighted by Gasteiger charge is 2.08. The van der Waals surface area contributed by atoms with E-state index in [0.717, 1.165) is 17.7 Å². The number of nitrogens with zero attached hydrogens (tertiary/aromatic N) is 1. The number of pyridine rings is 1. The second kappa shape index (κ2) is 5.78. The highest BCUT2D eigenvalue weighted by atomic mass is 14.7. The molecule has 1 unspecified atom stereocenters. The minimum Gasteiger partial charge on any atom is -0.327 e. The van der Waals surface area contributed by atoms with Gasteiger partial charge in [0.1, 0.15) is 0 Å². The van der Waals surface area contributed by atoms with Crippen molar-refractivity contribution in [3.8, 4) is 11.3 Å². The van der Waals surface area contributed by atoms with E-state index in [2.05, 4.69) is 43.1 Å². The lowest BCUT2D eigenvalue weighted by Gasteiger charge is -2.15. The molecule has 0 saturated heterocycles. The summed E-state index contributed by atoms with van der Waals surface area (Å²) in [5.74, 6) is 0.514. The van der Waals surface area contributed by atoms with Gasteiger partial charge in [-0.1, -0.05) is 44.2 Å². The van der Waals surface area contributed by atoms with Crippen molar-refractivity contribution < 1.29 is 0 Å². The van der Waals surface area contributed by atoms with E-state index in [1.54, 1.807) is 0 Å². The van der Waals surface area contributed by atoms with Gasteiger partial charge in [-0.2, -0.15) is 0 Å². The first-order valence-electron chi connectivity index (χ1n) is 6.43. The van der Waals surface area contributed by atoms with Crippen molar-refractivity contribution in [2.45, 2.75) is 26.3 Å². The van der Waals surface area contributed by atoms with Crippen LogP contribution in [0.2, 0.25) is 0 Å². The summed E-state index contributed by atoms with van der Waals surface area (Å²) in [6.45, 7) is 4.32. The Balaban J connectivity index is 2.11. The van der Waals surface area contributed by atoms with E-state index in [9.17, 15) is 0 Å². The molecule has 0 radical (unpaired) electrons. The van der Waals surface area contributed by atoms with Crippen molar-refractivity contribution in [2.75, 3.05) is 0 Å². The maximum atomic E-state index is 6.09. The Morgan fingerprint density at radius 3 is 2.33 bits per heavy atom. The van der Waals surface area contributed by atoms with Crippen molar-refractivity contribution >= 4 is 0 Å². The summed E-state index contributed by atoms with van der Waals surface area (Å²) in [6, 6.07) is 14.7. The SMILES string of the molecule is CC(C)C(N)Cc1ccc(-c2ccccn2)cc1. The van der Waals surface area contributed by atoms with Gasteiger partial charge in [0.25, 0.3) is 0 Å². The molecule has 0 aliphatic rings. The summed E-state index contributed by atoms with van der Waals surface area (Å²) in [5.41, 5.74) is 9.53. The highest BCUT2D eigenvalue weighted by Crippen LogP contribution is 2.18. The van der Waals surface area contributed by atoms with E-state index >= 15 is 0 Å². The molecule has 1 atom stereocenters.